The first-order valence-electron chi connectivity index (χ1n) is 7.28. The van der Waals surface area contributed by atoms with E-state index in [1.807, 2.05) is 34.6 Å². The zero-order valence-electron chi connectivity index (χ0n) is 13.9. The summed E-state index contributed by atoms with van der Waals surface area (Å²) in [7, 11) is -3.66. The molecule has 0 N–H and O–H groups in total. The Morgan fingerprint density at radius 3 is 2.32 bits per heavy atom. The standard InChI is InChI=1S/C15H23N3O3S/c1-10(2)18-8-7-16-14(18)22(19,20)11(3)13-17-9-12(21-13)15(4,5)6/h7-11H,1-6H3. The Bertz CT molecular complexity index is 751. The van der Waals surface area contributed by atoms with E-state index in [0.717, 1.165) is 0 Å². The molecule has 0 aliphatic heterocycles. The fraction of sp³-hybridized carbons (Fsp3) is 0.600. The van der Waals surface area contributed by atoms with Gasteiger partial charge in [0.1, 0.15) is 11.0 Å². The molecule has 0 aliphatic carbocycles. The van der Waals surface area contributed by atoms with Gasteiger partial charge in [-0.3, -0.25) is 0 Å². The van der Waals surface area contributed by atoms with Gasteiger partial charge in [0.2, 0.25) is 20.9 Å². The Morgan fingerprint density at radius 2 is 1.82 bits per heavy atom. The fourth-order valence-electron chi connectivity index (χ4n) is 2.03. The van der Waals surface area contributed by atoms with Crippen LogP contribution in [-0.4, -0.2) is 23.0 Å². The van der Waals surface area contributed by atoms with Crippen molar-refractivity contribution in [2.75, 3.05) is 0 Å². The van der Waals surface area contributed by atoms with Crippen LogP contribution in [0.15, 0.2) is 28.2 Å². The third-order valence-electron chi connectivity index (χ3n) is 3.52. The van der Waals surface area contributed by atoms with Crippen molar-refractivity contribution in [3.05, 3.63) is 30.2 Å². The molecule has 0 fully saturated rings. The summed E-state index contributed by atoms with van der Waals surface area (Å²) in [6.45, 7) is 11.4. The second-order valence-corrected chi connectivity index (χ2v) is 8.87. The molecule has 2 aromatic heterocycles. The summed E-state index contributed by atoms with van der Waals surface area (Å²) in [6.07, 6.45) is 4.76. The van der Waals surface area contributed by atoms with E-state index in [1.165, 1.54) is 6.20 Å². The molecule has 0 bridgehead atoms. The van der Waals surface area contributed by atoms with Crippen LogP contribution in [0.2, 0.25) is 0 Å². The summed E-state index contributed by atoms with van der Waals surface area (Å²) in [4.78, 5) is 8.17. The Labute approximate surface area is 131 Å². The number of rotatable bonds is 4. The van der Waals surface area contributed by atoms with Crippen LogP contribution in [0.5, 0.6) is 0 Å². The molecule has 7 heteroatoms. The van der Waals surface area contributed by atoms with Crippen LogP contribution in [0.3, 0.4) is 0 Å². The Morgan fingerprint density at radius 1 is 1.18 bits per heavy atom. The van der Waals surface area contributed by atoms with Crippen LogP contribution in [0.1, 0.15) is 64.5 Å². The molecule has 2 heterocycles. The maximum absolute atomic E-state index is 12.8. The van der Waals surface area contributed by atoms with Crippen LogP contribution in [0.4, 0.5) is 0 Å². The first-order valence-corrected chi connectivity index (χ1v) is 8.82. The van der Waals surface area contributed by atoms with Gasteiger partial charge in [0.05, 0.1) is 6.20 Å². The number of nitrogens with zero attached hydrogens (tertiary/aromatic N) is 3. The summed E-state index contributed by atoms with van der Waals surface area (Å²) in [5.41, 5.74) is -0.217. The number of hydrogen-bond donors (Lipinski definition) is 0. The molecule has 0 saturated heterocycles. The summed E-state index contributed by atoms with van der Waals surface area (Å²) >= 11 is 0. The fourth-order valence-corrected chi connectivity index (χ4v) is 3.49. The van der Waals surface area contributed by atoms with Crippen LogP contribution in [0, 0.1) is 0 Å². The number of aromatic nitrogens is 3. The lowest BCUT2D eigenvalue weighted by Gasteiger charge is -2.15. The van der Waals surface area contributed by atoms with Crippen LogP contribution in [-0.2, 0) is 15.3 Å². The van der Waals surface area contributed by atoms with Gasteiger partial charge in [0.15, 0.2) is 0 Å². The Hall–Kier alpha value is -1.63. The first-order chi connectivity index (χ1) is 10.0. The van der Waals surface area contributed by atoms with Gasteiger partial charge in [0, 0.05) is 23.9 Å². The molecule has 0 amide bonds. The molecule has 6 nitrogen and oxygen atoms in total. The number of hydrogen-bond acceptors (Lipinski definition) is 5. The van der Waals surface area contributed by atoms with Crippen molar-refractivity contribution in [2.24, 2.45) is 0 Å². The van der Waals surface area contributed by atoms with Crippen LogP contribution in [0.25, 0.3) is 0 Å². The van der Waals surface area contributed by atoms with E-state index in [0.29, 0.717) is 5.76 Å². The Kier molecular flexibility index (Phi) is 4.21. The van der Waals surface area contributed by atoms with Gasteiger partial charge in [-0.2, -0.15) is 0 Å². The highest BCUT2D eigenvalue weighted by atomic mass is 32.2. The summed E-state index contributed by atoms with van der Waals surface area (Å²) in [5.74, 6) is 0.861. The summed E-state index contributed by atoms with van der Waals surface area (Å²) in [6, 6.07) is 0.00849. The lowest BCUT2D eigenvalue weighted by Crippen LogP contribution is -2.17. The van der Waals surface area contributed by atoms with E-state index in [9.17, 15) is 8.42 Å². The Balaban J connectivity index is 2.41. The van der Waals surface area contributed by atoms with E-state index < -0.39 is 15.1 Å². The second kappa shape index (κ2) is 5.53. The summed E-state index contributed by atoms with van der Waals surface area (Å²) in [5, 5.41) is -0.839. The van der Waals surface area contributed by atoms with Crippen molar-refractivity contribution in [1.29, 1.82) is 0 Å². The number of oxazole rings is 1. The monoisotopic (exact) mass is 325 g/mol. The van der Waals surface area contributed by atoms with Gasteiger partial charge < -0.3 is 8.98 Å². The maximum atomic E-state index is 12.8. The maximum Gasteiger partial charge on any atom is 0.228 e. The quantitative estimate of drug-likeness (QED) is 0.862. The van der Waals surface area contributed by atoms with Crippen molar-refractivity contribution in [3.8, 4) is 0 Å². The van der Waals surface area contributed by atoms with E-state index in [2.05, 4.69) is 9.97 Å². The van der Waals surface area contributed by atoms with Crippen molar-refractivity contribution in [2.45, 2.75) is 63.4 Å². The second-order valence-electron chi connectivity index (χ2n) is 6.71. The molecule has 0 aliphatic rings. The predicted molar refractivity (Wildman–Crippen MR) is 83.4 cm³/mol. The van der Waals surface area contributed by atoms with Crippen molar-refractivity contribution >= 4 is 9.84 Å². The normalized spacial score (nSPS) is 14.5. The van der Waals surface area contributed by atoms with Crippen LogP contribution >= 0.6 is 0 Å². The first kappa shape index (κ1) is 16.7. The molecule has 0 saturated carbocycles. The topological polar surface area (TPSA) is 78.0 Å². The van der Waals surface area contributed by atoms with Gasteiger partial charge in [-0.25, -0.2) is 18.4 Å². The molecule has 0 radical (unpaired) electrons. The van der Waals surface area contributed by atoms with Gasteiger partial charge in [-0.05, 0) is 20.8 Å². The largest absolute Gasteiger partial charge is 0.444 e. The average Bonchev–Trinajstić information content (AvgIpc) is 3.06. The van der Waals surface area contributed by atoms with E-state index in [-0.39, 0.29) is 22.5 Å². The van der Waals surface area contributed by atoms with E-state index in [1.54, 1.807) is 23.9 Å². The zero-order chi connectivity index (χ0) is 16.7. The number of imidazole rings is 1. The summed E-state index contributed by atoms with van der Waals surface area (Å²) < 4.78 is 32.9. The third kappa shape index (κ3) is 2.95. The highest BCUT2D eigenvalue weighted by Crippen LogP contribution is 2.31. The van der Waals surface area contributed by atoms with Gasteiger partial charge in [-0.15, -0.1) is 0 Å². The minimum atomic E-state index is -3.66. The van der Waals surface area contributed by atoms with Crippen molar-refractivity contribution < 1.29 is 12.8 Å². The van der Waals surface area contributed by atoms with Crippen molar-refractivity contribution in [3.63, 3.8) is 0 Å². The molecular formula is C15H23N3O3S. The predicted octanol–water partition coefficient (Wildman–Crippen LogP) is 3.28. The highest BCUT2D eigenvalue weighted by molar-refractivity contribution is 7.91. The SMILES string of the molecule is CC(C)n1ccnc1S(=O)(=O)C(C)c1ncc(C(C)(C)C)o1. The minimum absolute atomic E-state index is 0.00849. The van der Waals surface area contributed by atoms with Crippen molar-refractivity contribution in [1.82, 2.24) is 14.5 Å². The lowest BCUT2D eigenvalue weighted by molar-refractivity contribution is 0.380. The van der Waals surface area contributed by atoms with Crippen LogP contribution < -0.4 is 0 Å². The lowest BCUT2D eigenvalue weighted by atomic mass is 9.94. The molecule has 2 aromatic rings. The molecule has 0 spiro atoms. The van der Waals surface area contributed by atoms with E-state index in [4.69, 9.17) is 4.42 Å². The molecular weight excluding hydrogens is 302 g/mol. The molecule has 22 heavy (non-hydrogen) atoms. The number of sulfone groups is 1. The smallest absolute Gasteiger partial charge is 0.228 e. The minimum Gasteiger partial charge on any atom is -0.444 e. The molecule has 122 valence electrons. The highest BCUT2D eigenvalue weighted by Gasteiger charge is 2.34. The molecule has 0 aromatic carbocycles. The van der Waals surface area contributed by atoms with Gasteiger partial charge >= 0.3 is 0 Å². The van der Waals surface area contributed by atoms with Gasteiger partial charge in [0.25, 0.3) is 0 Å². The molecule has 1 atom stereocenters. The zero-order valence-corrected chi connectivity index (χ0v) is 14.7. The molecule has 1 unspecified atom stereocenters. The average molecular weight is 325 g/mol. The third-order valence-corrected chi connectivity index (χ3v) is 5.48. The van der Waals surface area contributed by atoms with Gasteiger partial charge in [-0.1, -0.05) is 20.8 Å². The molecule has 2 rings (SSSR count). The van der Waals surface area contributed by atoms with E-state index >= 15 is 0 Å².